The predicted molar refractivity (Wildman–Crippen MR) is 197 cm³/mol. The summed E-state index contributed by atoms with van der Waals surface area (Å²) in [6.45, 7) is 4.03. The Hall–Kier alpha value is -6.33. The molecule has 9 rings (SSSR count). The first kappa shape index (κ1) is 27.9. The molecule has 0 amide bonds. The van der Waals surface area contributed by atoms with Crippen molar-refractivity contribution in [3.05, 3.63) is 151 Å². The minimum Gasteiger partial charge on any atom is -0.456 e. The summed E-state index contributed by atoms with van der Waals surface area (Å²) >= 11 is 0. The lowest BCUT2D eigenvalue weighted by molar-refractivity contribution is 0.669. The van der Waals surface area contributed by atoms with Crippen molar-refractivity contribution in [2.24, 2.45) is 0 Å². The quantitative estimate of drug-likeness (QED) is 0.193. The van der Waals surface area contributed by atoms with E-state index in [-0.39, 0.29) is 0 Å². The van der Waals surface area contributed by atoms with Gasteiger partial charge in [0.1, 0.15) is 11.2 Å². The molecule has 228 valence electrons. The summed E-state index contributed by atoms with van der Waals surface area (Å²) in [5.74, 6) is 1.92. The van der Waals surface area contributed by atoms with Crippen LogP contribution in [0.15, 0.2) is 150 Å². The maximum atomic E-state index is 6.41. The van der Waals surface area contributed by atoms with Crippen LogP contribution in [0.5, 0.6) is 0 Å². The molecular formula is C43H30N4O. The number of benzene rings is 6. The van der Waals surface area contributed by atoms with Gasteiger partial charge in [-0.3, -0.25) is 0 Å². The van der Waals surface area contributed by atoms with Gasteiger partial charge in [-0.1, -0.05) is 97.1 Å². The second-order valence-electron chi connectivity index (χ2n) is 12.1. The third-order valence-corrected chi connectivity index (χ3v) is 9.21. The number of hydrogen-bond donors (Lipinski definition) is 0. The molecule has 0 saturated heterocycles. The molecule has 0 aliphatic rings. The molecule has 9 aromatic rings. The highest BCUT2D eigenvalue weighted by Gasteiger charge is 2.19. The van der Waals surface area contributed by atoms with Crippen molar-refractivity contribution in [1.82, 2.24) is 19.5 Å². The van der Waals surface area contributed by atoms with E-state index in [2.05, 4.69) is 102 Å². The second-order valence-corrected chi connectivity index (χ2v) is 12.1. The molecule has 3 heterocycles. The minimum atomic E-state index is 0.619. The monoisotopic (exact) mass is 618 g/mol. The normalized spacial score (nSPS) is 12.1. The highest BCUT2D eigenvalue weighted by Crippen LogP contribution is 2.40. The van der Waals surface area contributed by atoms with Gasteiger partial charge in [0.2, 0.25) is 0 Å². The molecule has 0 radical (unpaired) electrons. The molecule has 0 bridgehead atoms. The molecule has 5 heteroatoms. The van der Waals surface area contributed by atoms with E-state index >= 15 is 0 Å². The van der Waals surface area contributed by atoms with Crippen LogP contribution >= 0.6 is 0 Å². The molecule has 0 aliphatic carbocycles. The molecule has 0 aliphatic heterocycles. The van der Waals surface area contributed by atoms with Crippen molar-refractivity contribution in [2.75, 3.05) is 0 Å². The fourth-order valence-corrected chi connectivity index (χ4v) is 6.72. The average Bonchev–Trinajstić information content (AvgIpc) is 3.70. The van der Waals surface area contributed by atoms with Gasteiger partial charge in [-0.2, -0.15) is 0 Å². The molecule has 5 nitrogen and oxygen atoms in total. The highest BCUT2D eigenvalue weighted by atomic mass is 16.3. The smallest absolute Gasteiger partial charge is 0.164 e. The van der Waals surface area contributed by atoms with E-state index in [0.29, 0.717) is 17.5 Å². The highest BCUT2D eigenvalue weighted by molar-refractivity contribution is 6.14. The van der Waals surface area contributed by atoms with Crippen LogP contribution in [0.2, 0.25) is 0 Å². The lowest BCUT2D eigenvalue weighted by Crippen LogP contribution is -2.02. The Morgan fingerprint density at radius 3 is 2.06 bits per heavy atom. The van der Waals surface area contributed by atoms with Gasteiger partial charge in [0, 0.05) is 38.4 Å². The largest absolute Gasteiger partial charge is 0.456 e. The SMILES string of the molecule is CC=C(C)c1nc(-c2ccccc2)nc(-c2cccc3oc4ccc(-c5ccc6c(c5)c5ccccc5n6-c5ccccc5)cc4c23)n1. The Morgan fingerprint density at radius 1 is 0.562 bits per heavy atom. The van der Waals surface area contributed by atoms with Crippen LogP contribution in [-0.2, 0) is 0 Å². The van der Waals surface area contributed by atoms with Crippen LogP contribution in [-0.4, -0.2) is 19.5 Å². The van der Waals surface area contributed by atoms with Gasteiger partial charge in [0.25, 0.3) is 0 Å². The molecule has 0 unspecified atom stereocenters. The van der Waals surface area contributed by atoms with Gasteiger partial charge in [0.15, 0.2) is 17.5 Å². The van der Waals surface area contributed by atoms with Crippen molar-refractivity contribution < 1.29 is 4.42 Å². The van der Waals surface area contributed by atoms with Crippen molar-refractivity contribution in [2.45, 2.75) is 13.8 Å². The van der Waals surface area contributed by atoms with Crippen LogP contribution in [0.1, 0.15) is 19.7 Å². The van der Waals surface area contributed by atoms with Gasteiger partial charge in [-0.15, -0.1) is 0 Å². The maximum absolute atomic E-state index is 6.41. The molecule has 48 heavy (non-hydrogen) atoms. The first-order chi connectivity index (χ1) is 23.7. The standard InChI is InChI=1S/C43H30N4O/c1-3-27(2)41-44-42(28-13-6-4-7-14-28)46-43(45-41)33-18-12-20-39-40(33)35-26-30(22-24-38(35)48-39)29-21-23-37-34(25-29)32-17-10-11-19-36(32)47(37)31-15-8-5-9-16-31/h3-26H,1-2H3. The van der Waals surface area contributed by atoms with Gasteiger partial charge in [-0.25, -0.2) is 15.0 Å². The third kappa shape index (κ3) is 4.51. The van der Waals surface area contributed by atoms with Crippen molar-refractivity contribution in [3.63, 3.8) is 0 Å². The molecule has 0 atom stereocenters. The first-order valence-electron chi connectivity index (χ1n) is 16.2. The van der Waals surface area contributed by atoms with Gasteiger partial charge in [-0.05, 0) is 79.1 Å². The fourth-order valence-electron chi connectivity index (χ4n) is 6.72. The minimum absolute atomic E-state index is 0.619. The average molecular weight is 619 g/mol. The summed E-state index contributed by atoms with van der Waals surface area (Å²) in [6, 6.07) is 48.6. The predicted octanol–water partition coefficient (Wildman–Crippen LogP) is 11.3. The number of furan rings is 1. The third-order valence-electron chi connectivity index (χ3n) is 9.21. The van der Waals surface area contributed by atoms with E-state index in [9.17, 15) is 0 Å². The van der Waals surface area contributed by atoms with Crippen molar-refractivity contribution in [3.8, 4) is 39.6 Å². The summed E-state index contributed by atoms with van der Waals surface area (Å²) in [5.41, 5.74) is 10.3. The number of allylic oxidation sites excluding steroid dienone is 2. The Kier molecular flexibility index (Phi) is 6.51. The van der Waals surface area contributed by atoms with Gasteiger partial charge >= 0.3 is 0 Å². The Balaban J connectivity index is 1.24. The Labute approximate surface area is 277 Å². The number of para-hydroxylation sites is 2. The van der Waals surface area contributed by atoms with E-state index in [1.165, 1.54) is 21.8 Å². The zero-order valence-corrected chi connectivity index (χ0v) is 26.6. The van der Waals surface area contributed by atoms with Crippen molar-refractivity contribution in [1.29, 1.82) is 0 Å². The topological polar surface area (TPSA) is 56.7 Å². The summed E-state index contributed by atoms with van der Waals surface area (Å²) in [7, 11) is 0. The van der Waals surface area contributed by atoms with Crippen LogP contribution in [0, 0.1) is 0 Å². The maximum Gasteiger partial charge on any atom is 0.164 e. The summed E-state index contributed by atoms with van der Waals surface area (Å²) in [4.78, 5) is 14.8. The number of fused-ring (bicyclic) bond motifs is 6. The lowest BCUT2D eigenvalue weighted by Gasteiger charge is -2.09. The van der Waals surface area contributed by atoms with Crippen LogP contribution in [0.3, 0.4) is 0 Å². The molecule has 6 aromatic carbocycles. The Bertz CT molecular complexity index is 2680. The number of hydrogen-bond acceptors (Lipinski definition) is 4. The van der Waals surface area contributed by atoms with E-state index in [4.69, 9.17) is 19.4 Å². The summed E-state index contributed by atoms with van der Waals surface area (Å²) in [6.07, 6.45) is 2.03. The second kappa shape index (κ2) is 11.2. The molecule has 0 N–H and O–H groups in total. The Morgan fingerprint density at radius 2 is 1.25 bits per heavy atom. The van der Waals surface area contributed by atoms with Crippen molar-refractivity contribution >= 4 is 49.3 Å². The molecule has 0 saturated carbocycles. The van der Waals surface area contributed by atoms with Crippen LogP contribution < -0.4 is 0 Å². The van der Waals surface area contributed by atoms with E-state index < -0.39 is 0 Å². The first-order valence-corrected chi connectivity index (χ1v) is 16.2. The van der Waals surface area contributed by atoms with E-state index in [0.717, 1.165) is 55.5 Å². The van der Waals surface area contributed by atoms with E-state index in [1.807, 2.05) is 62.4 Å². The molecule has 0 spiro atoms. The zero-order chi connectivity index (χ0) is 32.2. The van der Waals surface area contributed by atoms with Gasteiger partial charge < -0.3 is 8.98 Å². The van der Waals surface area contributed by atoms with Crippen LogP contribution in [0.25, 0.3) is 88.9 Å². The van der Waals surface area contributed by atoms with Crippen LogP contribution in [0.4, 0.5) is 0 Å². The fraction of sp³-hybridized carbons (Fsp3) is 0.0465. The number of nitrogens with zero attached hydrogens (tertiary/aromatic N) is 4. The number of aromatic nitrogens is 4. The molecule has 3 aromatic heterocycles. The summed E-state index contributed by atoms with van der Waals surface area (Å²) < 4.78 is 8.76. The number of rotatable bonds is 5. The van der Waals surface area contributed by atoms with E-state index in [1.54, 1.807) is 0 Å². The van der Waals surface area contributed by atoms with Gasteiger partial charge in [0.05, 0.1) is 11.0 Å². The summed E-state index contributed by atoms with van der Waals surface area (Å²) in [5, 5.41) is 4.46. The molecular weight excluding hydrogens is 589 g/mol. The zero-order valence-electron chi connectivity index (χ0n) is 26.6. The lowest BCUT2D eigenvalue weighted by atomic mass is 9.99. The molecule has 0 fully saturated rings.